The Morgan fingerprint density at radius 2 is 2.05 bits per heavy atom. The average Bonchev–Trinajstić information content (AvgIpc) is 2.77. The number of aromatic nitrogens is 1. The van der Waals surface area contributed by atoms with Gasteiger partial charge in [0.05, 0.1) is 10.7 Å². The molecule has 1 heterocycles. The minimum atomic E-state index is 0.0305. The number of hydrogen-bond acceptors (Lipinski definition) is 4. The van der Waals surface area contributed by atoms with E-state index in [9.17, 15) is 0 Å². The Hall–Kier alpha value is -1.52. The maximum absolute atomic E-state index is 6.00. The Morgan fingerprint density at radius 1 is 1.32 bits per heavy atom. The highest BCUT2D eigenvalue weighted by atomic mass is 35.5. The standard InChI is InChI=1S/C14H17ClN2O2/c1-14(2,3)16-8-10-9-18-13(17-10)19-12-7-5-4-6-11(12)15/h4-7,9,16H,8H2,1-3H3. The van der Waals surface area contributed by atoms with E-state index in [1.54, 1.807) is 18.4 Å². The van der Waals surface area contributed by atoms with Crippen LogP contribution < -0.4 is 10.1 Å². The Kier molecular flexibility index (Phi) is 4.12. The van der Waals surface area contributed by atoms with Gasteiger partial charge in [0.25, 0.3) is 0 Å². The van der Waals surface area contributed by atoms with Crippen LogP contribution in [0.5, 0.6) is 11.8 Å². The van der Waals surface area contributed by atoms with E-state index in [1.807, 2.05) is 12.1 Å². The molecule has 102 valence electrons. The monoisotopic (exact) mass is 280 g/mol. The van der Waals surface area contributed by atoms with Gasteiger partial charge in [-0.15, -0.1) is 0 Å². The number of hydrogen-bond donors (Lipinski definition) is 1. The van der Waals surface area contributed by atoms with Crippen LogP contribution in [0.2, 0.25) is 5.02 Å². The van der Waals surface area contributed by atoms with Gasteiger partial charge < -0.3 is 14.5 Å². The zero-order valence-corrected chi connectivity index (χ0v) is 12.0. The molecule has 0 unspecified atom stereocenters. The summed E-state index contributed by atoms with van der Waals surface area (Å²) in [6, 6.07) is 7.19. The average molecular weight is 281 g/mol. The van der Waals surface area contributed by atoms with Gasteiger partial charge in [0.15, 0.2) is 5.75 Å². The molecule has 0 bridgehead atoms. The number of para-hydroxylation sites is 1. The number of ether oxygens (including phenoxy) is 1. The molecule has 2 rings (SSSR count). The highest BCUT2D eigenvalue weighted by Crippen LogP contribution is 2.28. The molecule has 19 heavy (non-hydrogen) atoms. The zero-order chi connectivity index (χ0) is 13.9. The van der Waals surface area contributed by atoms with Crippen LogP contribution in [0.4, 0.5) is 0 Å². The first-order valence-electron chi connectivity index (χ1n) is 6.06. The van der Waals surface area contributed by atoms with Crippen molar-refractivity contribution in [1.82, 2.24) is 10.3 Å². The van der Waals surface area contributed by atoms with Crippen molar-refractivity contribution in [2.24, 2.45) is 0 Å². The second kappa shape index (κ2) is 5.63. The van der Waals surface area contributed by atoms with Crippen LogP contribution in [-0.4, -0.2) is 10.5 Å². The molecular weight excluding hydrogens is 264 g/mol. The molecule has 0 aliphatic rings. The van der Waals surface area contributed by atoms with E-state index >= 15 is 0 Å². The van der Waals surface area contributed by atoms with Gasteiger partial charge >= 0.3 is 6.08 Å². The third kappa shape index (κ3) is 4.26. The molecule has 5 heteroatoms. The van der Waals surface area contributed by atoms with Gasteiger partial charge in [-0.3, -0.25) is 0 Å². The lowest BCUT2D eigenvalue weighted by Gasteiger charge is -2.19. The first-order valence-corrected chi connectivity index (χ1v) is 6.44. The molecule has 0 spiro atoms. The van der Waals surface area contributed by atoms with E-state index in [-0.39, 0.29) is 11.6 Å². The minimum Gasteiger partial charge on any atom is -0.417 e. The predicted molar refractivity (Wildman–Crippen MR) is 74.6 cm³/mol. The molecule has 0 saturated heterocycles. The molecule has 0 amide bonds. The topological polar surface area (TPSA) is 47.3 Å². The maximum Gasteiger partial charge on any atom is 0.399 e. The Balaban J connectivity index is 2.00. The molecule has 0 saturated carbocycles. The van der Waals surface area contributed by atoms with E-state index in [4.69, 9.17) is 20.8 Å². The van der Waals surface area contributed by atoms with Crippen LogP contribution in [-0.2, 0) is 6.54 Å². The molecule has 0 radical (unpaired) electrons. The van der Waals surface area contributed by atoms with Crippen molar-refractivity contribution in [1.29, 1.82) is 0 Å². The smallest absolute Gasteiger partial charge is 0.399 e. The molecule has 0 aliphatic heterocycles. The lowest BCUT2D eigenvalue weighted by Crippen LogP contribution is -2.35. The molecular formula is C14H17ClN2O2. The molecule has 1 aromatic heterocycles. The molecule has 0 fully saturated rings. The third-order valence-electron chi connectivity index (χ3n) is 2.36. The molecule has 1 aromatic carbocycles. The second-order valence-electron chi connectivity index (χ2n) is 5.24. The summed E-state index contributed by atoms with van der Waals surface area (Å²) in [5, 5.41) is 3.85. The summed E-state index contributed by atoms with van der Waals surface area (Å²) >= 11 is 6.00. The van der Waals surface area contributed by atoms with E-state index < -0.39 is 0 Å². The molecule has 0 aliphatic carbocycles. The Bertz CT molecular complexity index is 546. The van der Waals surface area contributed by atoms with Gasteiger partial charge in [-0.1, -0.05) is 23.7 Å². The van der Waals surface area contributed by atoms with Crippen LogP contribution in [0, 0.1) is 0 Å². The minimum absolute atomic E-state index is 0.0305. The molecule has 2 aromatic rings. The first-order chi connectivity index (χ1) is 8.94. The summed E-state index contributed by atoms with van der Waals surface area (Å²) in [5.41, 5.74) is 0.819. The fourth-order valence-corrected chi connectivity index (χ4v) is 1.57. The lowest BCUT2D eigenvalue weighted by atomic mass is 10.1. The zero-order valence-electron chi connectivity index (χ0n) is 11.2. The maximum atomic E-state index is 6.00. The first kappa shape index (κ1) is 13.9. The van der Waals surface area contributed by atoms with Crippen molar-refractivity contribution in [3.63, 3.8) is 0 Å². The summed E-state index contributed by atoms with van der Waals surface area (Å²) < 4.78 is 10.7. The quantitative estimate of drug-likeness (QED) is 0.919. The van der Waals surface area contributed by atoms with Crippen LogP contribution in [0.1, 0.15) is 26.5 Å². The van der Waals surface area contributed by atoms with Crippen LogP contribution in [0.3, 0.4) is 0 Å². The largest absolute Gasteiger partial charge is 0.417 e. The van der Waals surface area contributed by atoms with Crippen molar-refractivity contribution in [2.45, 2.75) is 32.9 Å². The van der Waals surface area contributed by atoms with Crippen LogP contribution >= 0.6 is 11.6 Å². The van der Waals surface area contributed by atoms with E-state index in [1.165, 1.54) is 0 Å². The van der Waals surface area contributed by atoms with Crippen LogP contribution in [0.25, 0.3) is 0 Å². The van der Waals surface area contributed by atoms with Crippen molar-refractivity contribution in [3.05, 3.63) is 41.2 Å². The number of nitrogens with zero attached hydrogens (tertiary/aromatic N) is 1. The van der Waals surface area contributed by atoms with Crippen molar-refractivity contribution in [3.8, 4) is 11.8 Å². The van der Waals surface area contributed by atoms with Gasteiger partial charge in [0.1, 0.15) is 6.26 Å². The lowest BCUT2D eigenvalue weighted by molar-refractivity contribution is 0.331. The second-order valence-corrected chi connectivity index (χ2v) is 5.65. The summed E-state index contributed by atoms with van der Waals surface area (Å²) in [6.07, 6.45) is 1.77. The Labute approximate surface area is 117 Å². The van der Waals surface area contributed by atoms with E-state index in [2.05, 4.69) is 31.1 Å². The van der Waals surface area contributed by atoms with Crippen molar-refractivity contribution >= 4 is 11.6 Å². The summed E-state index contributed by atoms with van der Waals surface area (Å²) in [5.74, 6) is 0.529. The fraction of sp³-hybridized carbons (Fsp3) is 0.357. The number of benzene rings is 1. The third-order valence-corrected chi connectivity index (χ3v) is 2.68. The highest BCUT2D eigenvalue weighted by Gasteiger charge is 2.12. The van der Waals surface area contributed by atoms with E-state index in [0.717, 1.165) is 5.69 Å². The van der Waals surface area contributed by atoms with Gasteiger partial charge in [-0.25, -0.2) is 0 Å². The molecule has 1 N–H and O–H groups in total. The van der Waals surface area contributed by atoms with Gasteiger partial charge in [-0.2, -0.15) is 4.98 Å². The SMILES string of the molecule is CC(C)(C)NCc1coc(Oc2ccccc2Cl)n1. The summed E-state index contributed by atoms with van der Waals surface area (Å²) in [4.78, 5) is 4.24. The molecule has 4 nitrogen and oxygen atoms in total. The Morgan fingerprint density at radius 3 is 2.74 bits per heavy atom. The normalized spacial score (nSPS) is 11.6. The number of nitrogens with one attached hydrogen (secondary N) is 1. The number of halogens is 1. The van der Waals surface area contributed by atoms with Gasteiger partial charge in [0.2, 0.25) is 0 Å². The fourth-order valence-electron chi connectivity index (χ4n) is 1.39. The summed E-state index contributed by atoms with van der Waals surface area (Å²) in [6.45, 7) is 6.90. The number of rotatable bonds is 4. The van der Waals surface area contributed by atoms with E-state index in [0.29, 0.717) is 17.3 Å². The predicted octanol–water partition coefficient (Wildman–Crippen LogP) is 4.01. The van der Waals surface area contributed by atoms with Gasteiger partial charge in [0, 0.05) is 12.1 Å². The highest BCUT2D eigenvalue weighted by molar-refractivity contribution is 6.32. The van der Waals surface area contributed by atoms with Crippen molar-refractivity contribution in [2.75, 3.05) is 0 Å². The molecule has 0 atom stereocenters. The van der Waals surface area contributed by atoms with Gasteiger partial charge in [-0.05, 0) is 32.9 Å². The number of oxazole rings is 1. The van der Waals surface area contributed by atoms with Crippen molar-refractivity contribution < 1.29 is 9.15 Å². The van der Waals surface area contributed by atoms with Crippen LogP contribution in [0.15, 0.2) is 34.9 Å². The summed E-state index contributed by atoms with van der Waals surface area (Å²) in [7, 11) is 0.